The zero-order valence-corrected chi connectivity index (χ0v) is 10.8. The fourth-order valence-corrected chi connectivity index (χ4v) is 1.89. The summed E-state index contributed by atoms with van der Waals surface area (Å²) in [5.74, 6) is -0.138. The van der Waals surface area contributed by atoms with Crippen molar-refractivity contribution < 1.29 is 13.6 Å². The van der Waals surface area contributed by atoms with Crippen LogP contribution in [0.3, 0.4) is 0 Å². The Labute approximate surface area is 103 Å². The highest BCUT2D eigenvalue weighted by atomic mass is 79.9. The standard InChI is InChI=1S/C10H8Br2F2O/c11-4-3-9(15)6-1-2-8(12)7(5-6)10(13)14/h1-2,5,10H,3-4H2. The van der Waals surface area contributed by atoms with Gasteiger partial charge in [0.05, 0.1) is 0 Å². The van der Waals surface area contributed by atoms with E-state index in [0.29, 0.717) is 21.8 Å². The Kier molecular flexibility index (Phi) is 4.86. The normalized spacial score (nSPS) is 10.7. The van der Waals surface area contributed by atoms with Gasteiger partial charge in [0.2, 0.25) is 0 Å². The molecule has 0 heterocycles. The first-order valence-electron chi connectivity index (χ1n) is 4.23. The maximum absolute atomic E-state index is 12.5. The lowest BCUT2D eigenvalue weighted by Crippen LogP contribution is -2.01. The molecule has 0 radical (unpaired) electrons. The van der Waals surface area contributed by atoms with Gasteiger partial charge in [-0.1, -0.05) is 37.9 Å². The summed E-state index contributed by atoms with van der Waals surface area (Å²) in [6.07, 6.45) is -2.26. The van der Waals surface area contributed by atoms with Crippen LogP contribution in [0.1, 0.15) is 28.8 Å². The molecule has 0 aliphatic carbocycles. The zero-order valence-electron chi connectivity index (χ0n) is 7.64. The molecule has 0 aromatic heterocycles. The third kappa shape index (κ3) is 3.34. The Hall–Kier alpha value is -0.290. The minimum atomic E-state index is -2.57. The molecule has 0 bridgehead atoms. The highest BCUT2D eigenvalue weighted by molar-refractivity contribution is 9.10. The maximum Gasteiger partial charge on any atom is 0.264 e. The van der Waals surface area contributed by atoms with Gasteiger partial charge in [-0.3, -0.25) is 4.79 Å². The Morgan fingerprint density at radius 2 is 2.07 bits per heavy atom. The van der Waals surface area contributed by atoms with Gasteiger partial charge in [0.1, 0.15) is 0 Å². The van der Waals surface area contributed by atoms with E-state index in [0.717, 1.165) is 0 Å². The Morgan fingerprint density at radius 3 is 2.60 bits per heavy atom. The van der Waals surface area contributed by atoms with E-state index in [1.54, 1.807) is 6.07 Å². The van der Waals surface area contributed by atoms with Crippen molar-refractivity contribution in [2.75, 3.05) is 5.33 Å². The van der Waals surface area contributed by atoms with E-state index in [4.69, 9.17) is 0 Å². The topological polar surface area (TPSA) is 17.1 Å². The Bertz CT molecular complexity index is 366. The molecular formula is C10H8Br2F2O. The van der Waals surface area contributed by atoms with E-state index in [9.17, 15) is 13.6 Å². The zero-order chi connectivity index (χ0) is 11.4. The number of ketones is 1. The van der Waals surface area contributed by atoms with Crippen molar-refractivity contribution in [2.24, 2.45) is 0 Å². The average Bonchev–Trinajstić information content (AvgIpc) is 2.18. The van der Waals surface area contributed by atoms with Crippen LogP contribution < -0.4 is 0 Å². The number of carbonyl (C=O) groups is 1. The molecule has 0 unspecified atom stereocenters. The highest BCUT2D eigenvalue weighted by Gasteiger charge is 2.14. The summed E-state index contributed by atoms with van der Waals surface area (Å²) in [7, 11) is 0. The van der Waals surface area contributed by atoms with Crippen LogP contribution >= 0.6 is 31.9 Å². The van der Waals surface area contributed by atoms with Gasteiger partial charge >= 0.3 is 0 Å². The van der Waals surface area contributed by atoms with Crippen LogP contribution in [0.2, 0.25) is 0 Å². The first-order chi connectivity index (χ1) is 7.06. The fourth-order valence-electron chi connectivity index (χ4n) is 1.11. The van der Waals surface area contributed by atoms with Crippen LogP contribution in [-0.4, -0.2) is 11.1 Å². The molecule has 0 aliphatic heterocycles. The molecule has 5 heteroatoms. The first kappa shape index (κ1) is 12.8. The summed E-state index contributed by atoms with van der Waals surface area (Å²) in [5.41, 5.74) is 0.184. The van der Waals surface area contributed by atoms with Crippen LogP contribution in [0.15, 0.2) is 22.7 Å². The molecule has 0 N–H and O–H groups in total. The van der Waals surface area contributed by atoms with Gasteiger partial charge in [0.25, 0.3) is 6.43 Å². The third-order valence-corrected chi connectivity index (χ3v) is 2.99. The molecule has 0 fully saturated rings. The second kappa shape index (κ2) is 5.70. The monoisotopic (exact) mass is 340 g/mol. The molecule has 0 spiro atoms. The van der Waals surface area contributed by atoms with Gasteiger partial charge in [0.15, 0.2) is 5.78 Å². The van der Waals surface area contributed by atoms with Crippen molar-refractivity contribution in [3.8, 4) is 0 Å². The van der Waals surface area contributed by atoms with Crippen LogP contribution in [0.25, 0.3) is 0 Å². The summed E-state index contributed by atoms with van der Waals surface area (Å²) < 4.78 is 25.3. The molecule has 0 amide bonds. The van der Waals surface area contributed by atoms with E-state index in [-0.39, 0.29) is 11.3 Å². The van der Waals surface area contributed by atoms with Crippen molar-refractivity contribution in [1.82, 2.24) is 0 Å². The number of alkyl halides is 3. The maximum atomic E-state index is 12.5. The summed E-state index contributed by atoms with van der Waals surface area (Å²) in [6, 6.07) is 4.25. The SMILES string of the molecule is O=C(CCBr)c1ccc(Br)c(C(F)F)c1. The van der Waals surface area contributed by atoms with Gasteiger partial charge in [-0.2, -0.15) is 0 Å². The fraction of sp³-hybridized carbons (Fsp3) is 0.300. The van der Waals surface area contributed by atoms with Crippen LogP contribution in [0, 0.1) is 0 Å². The quantitative estimate of drug-likeness (QED) is 0.587. The van der Waals surface area contributed by atoms with E-state index in [1.807, 2.05) is 0 Å². The smallest absolute Gasteiger partial charge is 0.264 e. The molecule has 15 heavy (non-hydrogen) atoms. The van der Waals surface area contributed by atoms with Crippen molar-refractivity contribution in [3.05, 3.63) is 33.8 Å². The van der Waals surface area contributed by atoms with Gasteiger partial charge in [-0.15, -0.1) is 0 Å². The third-order valence-electron chi connectivity index (χ3n) is 1.87. The van der Waals surface area contributed by atoms with Gasteiger partial charge in [0, 0.05) is 27.4 Å². The molecule has 1 rings (SSSR count). The second-order valence-electron chi connectivity index (χ2n) is 2.90. The van der Waals surface area contributed by atoms with E-state index in [2.05, 4.69) is 31.9 Å². The van der Waals surface area contributed by atoms with E-state index >= 15 is 0 Å². The molecule has 82 valence electrons. The van der Waals surface area contributed by atoms with Gasteiger partial charge < -0.3 is 0 Å². The minimum absolute atomic E-state index is 0.138. The molecule has 1 aromatic rings. The van der Waals surface area contributed by atoms with Gasteiger partial charge in [-0.05, 0) is 12.1 Å². The lowest BCUT2D eigenvalue weighted by molar-refractivity contribution is 0.0989. The summed E-state index contributed by atoms with van der Waals surface area (Å²) in [6.45, 7) is 0. The Morgan fingerprint density at radius 1 is 1.40 bits per heavy atom. The summed E-state index contributed by atoms with van der Waals surface area (Å²) in [5, 5.41) is 0.534. The number of carbonyl (C=O) groups excluding carboxylic acids is 1. The predicted molar refractivity (Wildman–Crippen MR) is 61.8 cm³/mol. The predicted octanol–water partition coefficient (Wildman–Crippen LogP) is 4.35. The minimum Gasteiger partial charge on any atom is -0.294 e. The van der Waals surface area contributed by atoms with Crippen LogP contribution in [0.4, 0.5) is 8.78 Å². The number of hydrogen-bond acceptors (Lipinski definition) is 1. The number of hydrogen-bond donors (Lipinski definition) is 0. The first-order valence-corrected chi connectivity index (χ1v) is 6.14. The Balaban J connectivity index is 3.02. The lowest BCUT2D eigenvalue weighted by atomic mass is 10.1. The lowest BCUT2D eigenvalue weighted by Gasteiger charge is -2.05. The highest BCUT2D eigenvalue weighted by Crippen LogP contribution is 2.28. The number of rotatable bonds is 4. The van der Waals surface area contributed by atoms with Gasteiger partial charge in [-0.25, -0.2) is 8.78 Å². The second-order valence-corrected chi connectivity index (χ2v) is 4.55. The largest absolute Gasteiger partial charge is 0.294 e. The molecule has 0 saturated carbocycles. The van der Waals surface area contributed by atoms with Crippen LogP contribution in [-0.2, 0) is 0 Å². The molecule has 0 saturated heterocycles. The van der Waals surface area contributed by atoms with Crippen molar-refractivity contribution in [1.29, 1.82) is 0 Å². The molecule has 0 atom stereocenters. The number of Topliss-reactive ketones (excluding diaryl/α,β-unsaturated/α-hetero) is 1. The molecular weight excluding hydrogens is 334 g/mol. The molecule has 1 aromatic carbocycles. The summed E-state index contributed by atoms with van der Waals surface area (Å²) >= 11 is 6.15. The number of benzene rings is 1. The van der Waals surface area contributed by atoms with Crippen LogP contribution in [0.5, 0.6) is 0 Å². The summed E-state index contributed by atoms with van der Waals surface area (Å²) in [4.78, 5) is 11.4. The van der Waals surface area contributed by atoms with Crippen molar-refractivity contribution >= 4 is 37.6 Å². The van der Waals surface area contributed by atoms with E-state index < -0.39 is 6.43 Å². The van der Waals surface area contributed by atoms with Crippen molar-refractivity contribution in [3.63, 3.8) is 0 Å². The molecule has 0 aliphatic rings. The van der Waals surface area contributed by atoms with Crippen molar-refractivity contribution in [2.45, 2.75) is 12.8 Å². The average molecular weight is 342 g/mol. The van der Waals surface area contributed by atoms with E-state index in [1.165, 1.54) is 12.1 Å². The molecule has 1 nitrogen and oxygen atoms in total. The number of halogens is 4.